The van der Waals surface area contributed by atoms with Gasteiger partial charge in [0, 0.05) is 25.7 Å². The highest BCUT2D eigenvalue weighted by molar-refractivity contribution is 5.92. The van der Waals surface area contributed by atoms with Crippen molar-refractivity contribution in [1.82, 2.24) is 19.1 Å². The van der Waals surface area contributed by atoms with Gasteiger partial charge in [0.25, 0.3) is 0 Å². The average molecular weight is 214 g/mol. The van der Waals surface area contributed by atoms with Gasteiger partial charge in [0.2, 0.25) is 0 Å². The molecule has 0 saturated heterocycles. The SMILES string of the molecule is Cn1c(=O)n(C)c2cc3ncncc3cc21. The second-order valence-electron chi connectivity index (χ2n) is 3.82. The molecule has 0 radical (unpaired) electrons. The van der Waals surface area contributed by atoms with E-state index in [1.807, 2.05) is 12.1 Å². The molecule has 0 aliphatic heterocycles. The minimum Gasteiger partial charge on any atom is -0.295 e. The van der Waals surface area contributed by atoms with E-state index in [-0.39, 0.29) is 5.69 Å². The summed E-state index contributed by atoms with van der Waals surface area (Å²) in [6.45, 7) is 0. The maximum atomic E-state index is 11.8. The lowest BCUT2D eigenvalue weighted by Gasteiger charge is -1.98. The zero-order valence-electron chi connectivity index (χ0n) is 9.01. The van der Waals surface area contributed by atoms with Crippen LogP contribution in [0.15, 0.2) is 29.5 Å². The monoisotopic (exact) mass is 214 g/mol. The number of hydrogen-bond acceptors (Lipinski definition) is 3. The molecule has 5 heteroatoms. The van der Waals surface area contributed by atoms with E-state index in [0.29, 0.717) is 0 Å². The standard InChI is InChI=1S/C11H10N4O/c1-14-9-3-7-5-12-6-13-8(7)4-10(9)15(2)11(14)16/h3-6H,1-2H3. The molecule has 0 unspecified atom stereocenters. The summed E-state index contributed by atoms with van der Waals surface area (Å²) in [5.74, 6) is 0. The molecular weight excluding hydrogens is 204 g/mol. The summed E-state index contributed by atoms with van der Waals surface area (Å²) in [7, 11) is 3.53. The fraction of sp³-hybridized carbons (Fsp3) is 0.182. The van der Waals surface area contributed by atoms with Crippen molar-refractivity contribution in [2.45, 2.75) is 0 Å². The summed E-state index contributed by atoms with van der Waals surface area (Å²) < 4.78 is 3.25. The highest BCUT2D eigenvalue weighted by Crippen LogP contribution is 2.18. The minimum atomic E-state index is -0.0294. The Kier molecular flexibility index (Phi) is 1.65. The predicted octanol–water partition coefficient (Wildman–Crippen LogP) is 0.820. The molecule has 0 aliphatic carbocycles. The van der Waals surface area contributed by atoms with Gasteiger partial charge in [-0.1, -0.05) is 0 Å². The fourth-order valence-electron chi connectivity index (χ4n) is 1.97. The van der Waals surface area contributed by atoms with Gasteiger partial charge in [-0.3, -0.25) is 9.13 Å². The zero-order chi connectivity index (χ0) is 11.3. The molecule has 0 saturated carbocycles. The average Bonchev–Trinajstić information content (AvgIpc) is 2.52. The first-order valence-corrected chi connectivity index (χ1v) is 4.93. The van der Waals surface area contributed by atoms with E-state index in [0.717, 1.165) is 21.9 Å². The second-order valence-corrected chi connectivity index (χ2v) is 3.82. The van der Waals surface area contributed by atoms with Crippen LogP contribution in [0.3, 0.4) is 0 Å². The lowest BCUT2D eigenvalue weighted by molar-refractivity contribution is 0.795. The van der Waals surface area contributed by atoms with Crippen molar-refractivity contribution in [3.8, 4) is 0 Å². The third-order valence-corrected chi connectivity index (χ3v) is 2.90. The maximum Gasteiger partial charge on any atom is 0.328 e. The van der Waals surface area contributed by atoms with Crippen LogP contribution in [0, 0.1) is 0 Å². The summed E-state index contributed by atoms with van der Waals surface area (Å²) in [5, 5.41) is 0.941. The van der Waals surface area contributed by atoms with Gasteiger partial charge < -0.3 is 0 Å². The van der Waals surface area contributed by atoms with Crippen molar-refractivity contribution < 1.29 is 0 Å². The second kappa shape index (κ2) is 2.91. The van der Waals surface area contributed by atoms with Crippen LogP contribution in [0.4, 0.5) is 0 Å². The summed E-state index contributed by atoms with van der Waals surface area (Å²) >= 11 is 0. The molecule has 0 fully saturated rings. The highest BCUT2D eigenvalue weighted by Gasteiger charge is 2.08. The van der Waals surface area contributed by atoms with Crippen molar-refractivity contribution in [1.29, 1.82) is 0 Å². The molecule has 0 spiro atoms. The number of aromatic nitrogens is 4. The molecule has 80 valence electrons. The molecule has 5 nitrogen and oxygen atoms in total. The summed E-state index contributed by atoms with van der Waals surface area (Å²) in [6.07, 6.45) is 3.26. The third-order valence-electron chi connectivity index (χ3n) is 2.90. The highest BCUT2D eigenvalue weighted by atomic mass is 16.1. The topological polar surface area (TPSA) is 52.7 Å². The lowest BCUT2D eigenvalue weighted by atomic mass is 10.2. The van der Waals surface area contributed by atoms with E-state index in [1.165, 1.54) is 6.33 Å². The number of rotatable bonds is 0. The minimum absolute atomic E-state index is 0.0294. The Hall–Kier alpha value is -2.17. The van der Waals surface area contributed by atoms with Crippen molar-refractivity contribution in [2.24, 2.45) is 14.1 Å². The Morgan fingerprint density at radius 3 is 2.56 bits per heavy atom. The van der Waals surface area contributed by atoms with Crippen LogP contribution in [-0.4, -0.2) is 19.1 Å². The molecule has 16 heavy (non-hydrogen) atoms. The largest absolute Gasteiger partial charge is 0.328 e. The number of hydrogen-bond donors (Lipinski definition) is 0. The molecular formula is C11H10N4O. The van der Waals surface area contributed by atoms with Crippen LogP contribution in [0.25, 0.3) is 21.9 Å². The fourth-order valence-corrected chi connectivity index (χ4v) is 1.97. The quantitative estimate of drug-likeness (QED) is 0.556. The Morgan fingerprint density at radius 2 is 1.81 bits per heavy atom. The van der Waals surface area contributed by atoms with Crippen LogP contribution < -0.4 is 5.69 Å². The summed E-state index contributed by atoms with van der Waals surface area (Å²) in [4.78, 5) is 19.9. The Labute approximate surface area is 91.0 Å². The molecule has 0 bridgehead atoms. The van der Waals surface area contributed by atoms with Crippen LogP contribution in [0.1, 0.15) is 0 Å². The third kappa shape index (κ3) is 1.02. The first-order chi connectivity index (χ1) is 7.68. The van der Waals surface area contributed by atoms with E-state index in [9.17, 15) is 4.79 Å². The number of fused-ring (bicyclic) bond motifs is 2. The molecule has 2 aromatic heterocycles. The van der Waals surface area contributed by atoms with Gasteiger partial charge in [-0.25, -0.2) is 14.8 Å². The van der Waals surface area contributed by atoms with Gasteiger partial charge in [-0.05, 0) is 12.1 Å². The van der Waals surface area contributed by atoms with E-state index >= 15 is 0 Å². The first-order valence-electron chi connectivity index (χ1n) is 4.93. The summed E-state index contributed by atoms with van der Waals surface area (Å²) in [5.41, 5.74) is 2.61. The van der Waals surface area contributed by atoms with Crippen LogP contribution in [0.5, 0.6) is 0 Å². The smallest absolute Gasteiger partial charge is 0.295 e. The van der Waals surface area contributed by atoms with Gasteiger partial charge in [0.05, 0.1) is 16.6 Å². The Morgan fingerprint density at radius 1 is 1.12 bits per heavy atom. The van der Waals surface area contributed by atoms with Crippen LogP contribution >= 0.6 is 0 Å². The van der Waals surface area contributed by atoms with Crippen LogP contribution in [-0.2, 0) is 14.1 Å². The zero-order valence-corrected chi connectivity index (χ0v) is 9.01. The van der Waals surface area contributed by atoms with Gasteiger partial charge in [0.1, 0.15) is 6.33 Å². The molecule has 1 aromatic carbocycles. The molecule has 3 rings (SSSR count). The van der Waals surface area contributed by atoms with E-state index in [2.05, 4.69) is 9.97 Å². The van der Waals surface area contributed by atoms with Gasteiger partial charge in [0.15, 0.2) is 0 Å². The van der Waals surface area contributed by atoms with Gasteiger partial charge >= 0.3 is 5.69 Å². The van der Waals surface area contributed by atoms with Crippen molar-refractivity contribution in [3.63, 3.8) is 0 Å². The van der Waals surface area contributed by atoms with E-state index in [1.54, 1.807) is 29.4 Å². The first kappa shape index (κ1) is 9.08. The molecule has 0 aliphatic rings. The van der Waals surface area contributed by atoms with E-state index in [4.69, 9.17) is 0 Å². The molecule has 0 N–H and O–H groups in total. The normalized spacial score (nSPS) is 11.4. The lowest BCUT2D eigenvalue weighted by Crippen LogP contribution is -2.19. The number of nitrogens with zero attached hydrogens (tertiary/aromatic N) is 4. The van der Waals surface area contributed by atoms with Crippen LogP contribution in [0.2, 0.25) is 0 Å². The Bertz CT molecular complexity index is 692. The molecule has 0 amide bonds. The molecule has 0 atom stereocenters. The van der Waals surface area contributed by atoms with E-state index < -0.39 is 0 Å². The van der Waals surface area contributed by atoms with Gasteiger partial charge in [-0.2, -0.15) is 0 Å². The molecule has 3 aromatic rings. The van der Waals surface area contributed by atoms with Gasteiger partial charge in [-0.15, -0.1) is 0 Å². The number of aryl methyl sites for hydroxylation is 2. The molecule has 2 heterocycles. The van der Waals surface area contributed by atoms with Crippen molar-refractivity contribution in [3.05, 3.63) is 35.1 Å². The van der Waals surface area contributed by atoms with Crippen molar-refractivity contribution >= 4 is 21.9 Å². The maximum absolute atomic E-state index is 11.8. The summed E-state index contributed by atoms with van der Waals surface area (Å²) in [6, 6.07) is 3.85. The number of imidazole rings is 1. The number of benzene rings is 1. The predicted molar refractivity (Wildman–Crippen MR) is 61.3 cm³/mol. The Balaban J connectivity index is 2.61. The van der Waals surface area contributed by atoms with Crippen molar-refractivity contribution in [2.75, 3.05) is 0 Å².